The van der Waals surface area contributed by atoms with Crippen LogP contribution >= 0.6 is 11.6 Å². The van der Waals surface area contributed by atoms with E-state index in [0.717, 1.165) is 68.1 Å². The van der Waals surface area contributed by atoms with Gasteiger partial charge in [0.15, 0.2) is 5.69 Å². The Morgan fingerprint density at radius 3 is 2.13 bits per heavy atom. The molecule has 0 spiro atoms. The summed E-state index contributed by atoms with van der Waals surface area (Å²) in [5, 5.41) is 14.4. The van der Waals surface area contributed by atoms with Crippen LogP contribution in [0.2, 0.25) is 5.02 Å². The number of aromatic nitrogens is 2. The van der Waals surface area contributed by atoms with Crippen LogP contribution in [0.4, 0.5) is 0 Å². The minimum absolute atomic E-state index is 0.0553. The summed E-state index contributed by atoms with van der Waals surface area (Å²) in [5.74, 6) is -0.899. The summed E-state index contributed by atoms with van der Waals surface area (Å²) in [6.07, 6.45) is 7.95. The Labute approximate surface area is 317 Å². The summed E-state index contributed by atoms with van der Waals surface area (Å²) >= 11 is 6.01. The van der Waals surface area contributed by atoms with E-state index in [1.54, 1.807) is 0 Å². The Kier molecular flexibility index (Phi) is 14.1. The van der Waals surface area contributed by atoms with Gasteiger partial charge in [0, 0.05) is 29.6 Å². The Balaban J connectivity index is 1.12. The molecule has 10 nitrogen and oxygen atoms in total. The number of rotatable bonds is 16. The number of carbonyl (C=O) groups is 3. The lowest BCUT2D eigenvalue weighted by Gasteiger charge is -2.32. The van der Waals surface area contributed by atoms with Crippen molar-refractivity contribution in [2.75, 3.05) is 13.2 Å². The van der Waals surface area contributed by atoms with Gasteiger partial charge in [-0.15, -0.1) is 0 Å². The maximum Gasteiger partial charge on any atom is 0.271 e. The van der Waals surface area contributed by atoms with Gasteiger partial charge < -0.3 is 25.4 Å². The van der Waals surface area contributed by atoms with Crippen molar-refractivity contribution >= 4 is 29.3 Å². The van der Waals surface area contributed by atoms with E-state index in [1.807, 2.05) is 84.9 Å². The summed E-state index contributed by atoms with van der Waals surface area (Å²) in [7, 11) is 0. The molecule has 2 fully saturated rings. The van der Waals surface area contributed by atoms with Crippen molar-refractivity contribution in [3.63, 3.8) is 0 Å². The van der Waals surface area contributed by atoms with Gasteiger partial charge in [-0.3, -0.25) is 14.4 Å². The van der Waals surface area contributed by atoms with Gasteiger partial charge in [-0.1, -0.05) is 110 Å². The Morgan fingerprint density at radius 2 is 1.40 bits per heavy atom. The molecular weight excluding hydrogens is 690 g/mol. The average Bonchev–Trinajstić information content (AvgIpc) is 3.60. The van der Waals surface area contributed by atoms with Gasteiger partial charge >= 0.3 is 0 Å². The minimum Gasteiger partial charge on any atom is -0.376 e. The molecule has 2 aliphatic carbocycles. The van der Waals surface area contributed by atoms with Crippen LogP contribution in [0.15, 0.2) is 91.0 Å². The van der Waals surface area contributed by atoms with E-state index in [2.05, 4.69) is 21.0 Å². The summed E-state index contributed by atoms with van der Waals surface area (Å²) in [6.45, 7) is 1.69. The number of hydrogen-bond acceptors (Lipinski definition) is 6. The van der Waals surface area contributed by atoms with Crippen molar-refractivity contribution < 1.29 is 23.9 Å². The molecule has 2 aliphatic rings. The highest BCUT2D eigenvalue weighted by atomic mass is 35.5. The molecule has 1 aromatic heterocycles. The fourth-order valence-electron chi connectivity index (χ4n) is 7.26. The van der Waals surface area contributed by atoms with Crippen LogP contribution in [-0.4, -0.2) is 58.8 Å². The summed E-state index contributed by atoms with van der Waals surface area (Å²) in [5.41, 5.74) is 3.44. The van der Waals surface area contributed by atoms with Gasteiger partial charge in [0.1, 0.15) is 12.2 Å². The largest absolute Gasteiger partial charge is 0.376 e. The van der Waals surface area contributed by atoms with Crippen molar-refractivity contribution in [3.05, 3.63) is 124 Å². The number of ether oxygens (including phenoxy) is 2. The molecule has 3 aromatic carbocycles. The zero-order chi connectivity index (χ0) is 36.8. The van der Waals surface area contributed by atoms with Crippen molar-refractivity contribution in [3.8, 4) is 0 Å². The summed E-state index contributed by atoms with van der Waals surface area (Å²) in [4.78, 5) is 40.9. The lowest BCUT2D eigenvalue weighted by atomic mass is 9.85. The first-order valence-electron chi connectivity index (χ1n) is 18.9. The van der Waals surface area contributed by atoms with E-state index >= 15 is 0 Å². The van der Waals surface area contributed by atoms with E-state index in [4.69, 9.17) is 21.1 Å². The molecule has 0 aliphatic heterocycles. The maximum absolute atomic E-state index is 14.0. The fraction of sp³-hybridized carbons (Fsp3) is 0.429. The maximum atomic E-state index is 14.0. The van der Waals surface area contributed by atoms with E-state index in [-0.39, 0.29) is 47.9 Å². The van der Waals surface area contributed by atoms with Crippen LogP contribution in [0.5, 0.6) is 0 Å². The van der Waals surface area contributed by atoms with Crippen LogP contribution in [0.25, 0.3) is 0 Å². The highest BCUT2D eigenvalue weighted by molar-refractivity contribution is 6.30. The van der Waals surface area contributed by atoms with Crippen molar-refractivity contribution in [1.29, 1.82) is 0 Å². The number of nitrogens with one attached hydrogen (secondary N) is 3. The van der Waals surface area contributed by atoms with Gasteiger partial charge in [-0.05, 0) is 60.9 Å². The third-order valence-corrected chi connectivity index (χ3v) is 10.4. The topological polar surface area (TPSA) is 124 Å². The molecule has 1 heterocycles. The van der Waals surface area contributed by atoms with Gasteiger partial charge in [0.05, 0.1) is 32.0 Å². The minimum atomic E-state index is -0.420. The predicted molar refractivity (Wildman–Crippen MR) is 204 cm³/mol. The number of benzene rings is 3. The van der Waals surface area contributed by atoms with E-state index in [1.165, 1.54) is 10.7 Å². The first-order valence-corrected chi connectivity index (χ1v) is 19.3. The van der Waals surface area contributed by atoms with E-state index in [0.29, 0.717) is 37.8 Å². The molecule has 4 aromatic rings. The third-order valence-electron chi connectivity index (χ3n) is 10.2. The Hall–Kier alpha value is -4.51. The third kappa shape index (κ3) is 11.5. The number of nitrogens with zero attached hydrogens (tertiary/aromatic N) is 2. The van der Waals surface area contributed by atoms with Gasteiger partial charge in [0.25, 0.3) is 11.8 Å². The second-order valence-corrected chi connectivity index (χ2v) is 14.6. The molecule has 0 saturated heterocycles. The molecule has 3 N–H and O–H groups in total. The lowest BCUT2D eigenvalue weighted by Crippen LogP contribution is -2.47. The fourth-order valence-corrected chi connectivity index (χ4v) is 7.39. The smallest absolute Gasteiger partial charge is 0.271 e. The number of halogens is 1. The zero-order valence-electron chi connectivity index (χ0n) is 30.2. The predicted octanol–water partition coefficient (Wildman–Crippen LogP) is 6.66. The molecule has 0 unspecified atom stereocenters. The van der Waals surface area contributed by atoms with Crippen molar-refractivity contribution in [2.24, 2.45) is 5.92 Å². The molecule has 11 heteroatoms. The van der Waals surface area contributed by atoms with E-state index in [9.17, 15) is 14.4 Å². The molecule has 3 amide bonds. The van der Waals surface area contributed by atoms with Crippen LogP contribution in [0, 0.1) is 5.92 Å². The quantitative estimate of drug-likeness (QED) is 0.118. The van der Waals surface area contributed by atoms with Gasteiger partial charge in [0.2, 0.25) is 5.91 Å². The monoisotopic (exact) mass is 739 g/mol. The van der Waals surface area contributed by atoms with Crippen LogP contribution in [-0.2, 0) is 40.4 Å². The van der Waals surface area contributed by atoms with Crippen LogP contribution in [0.3, 0.4) is 0 Å². The first-order chi connectivity index (χ1) is 25.9. The van der Waals surface area contributed by atoms with Crippen molar-refractivity contribution in [1.82, 2.24) is 25.7 Å². The lowest BCUT2D eigenvalue weighted by molar-refractivity contribution is -0.123. The molecule has 6 rings (SSSR count). The number of amides is 3. The second-order valence-electron chi connectivity index (χ2n) is 14.1. The molecule has 53 heavy (non-hydrogen) atoms. The first kappa shape index (κ1) is 38.2. The molecule has 0 radical (unpaired) electrons. The normalized spacial score (nSPS) is 20.0. The summed E-state index contributed by atoms with van der Waals surface area (Å²) in [6, 6.07) is 28.7. The SMILES string of the molecule is O=C(Cn1nc(C(=O)NCCc2ccc(Cl)cc2)cc1C(=O)N[C@H]1CCCC[C@@H]1OCc1ccccc1)N[C@H]1CCCC[C@@H]1COCc1ccccc1. The van der Waals surface area contributed by atoms with Gasteiger partial charge in [-0.2, -0.15) is 5.10 Å². The standard InChI is InChI=1S/C42H50ClN5O5/c43-34-21-19-30(20-22-34)23-24-44-41(50)37-25-38(42(51)46-36-17-9-10-18-39(36)53-28-32-13-5-2-6-14-32)48(47-37)26-40(49)45-35-16-8-7-15-33(35)29-52-27-31-11-3-1-4-12-31/h1-6,11-14,19-22,25,33,35-36,39H,7-10,15-18,23-24,26-29H2,(H,44,50)(H,45,49)(H,46,51)/t33-,35+,36+,39+/m1/s1. The zero-order valence-corrected chi connectivity index (χ0v) is 30.9. The Bertz CT molecular complexity index is 1770. The highest BCUT2D eigenvalue weighted by Crippen LogP contribution is 2.26. The van der Waals surface area contributed by atoms with E-state index < -0.39 is 11.8 Å². The van der Waals surface area contributed by atoms with Gasteiger partial charge in [-0.25, -0.2) is 4.68 Å². The molecular formula is C42H50ClN5O5. The molecule has 4 atom stereocenters. The highest BCUT2D eigenvalue weighted by Gasteiger charge is 2.31. The Morgan fingerprint density at radius 1 is 0.736 bits per heavy atom. The van der Waals surface area contributed by atoms with Crippen molar-refractivity contribution in [2.45, 2.75) is 95.7 Å². The molecule has 2 saturated carbocycles. The number of carbonyl (C=O) groups excluding carboxylic acids is 3. The van der Waals surface area contributed by atoms with Crippen LogP contribution in [0.1, 0.15) is 89.0 Å². The number of hydrogen-bond donors (Lipinski definition) is 3. The molecule has 280 valence electrons. The summed E-state index contributed by atoms with van der Waals surface area (Å²) < 4.78 is 13.7. The van der Waals surface area contributed by atoms with Crippen LogP contribution < -0.4 is 16.0 Å². The molecule has 0 bridgehead atoms. The second kappa shape index (κ2) is 19.5. The average molecular weight is 740 g/mol.